The van der Waals surface area contributed by atoms with Crippen LogP contribution < -0.4 is 10.2 Å². The molecule has 0 bridgehead atoms. The Hall–Kier alpha value is -3.74. The minimum Gasteiger partial charge on any atom is -0.348 e. The van der Waals surface area contributed by atoms with E-state index in [1.54, 1.807) is 6.92 Å². The first-order chi connectivity index (χ1) is 14.9. The summed E-state index contributed by atoms with van der Waals surface area (Å²) in [4.78, 5) is 40.4. The van der Waals surface area contributed by atoms with E-state index in [4.69, 9.17) is 0 Å². The van der Waals surface area contributed by atoms with Gasteiger partial charge in [-0.15, -0.1) is 0 Å². The van der Waals surface area contributed by atoms with Crippen molar-refractivity contribution in [3.8, 4) is 0 Å². The van der Waals surface area contributed by atoms with Gasteiger partial charge in [-0.2, -0.15) is 0 Å². The van der Waals surface area contributed by atoms with Crippen molar-refractivity contribution < 1.29 is 18.8 Å². The zero-order valence-corrected chi connectivity index (χ0v) is 17.2. The number of hydrogen-bond acceptors (Lipinski definition) is 3. The normalized spacial score (nSPS) is 17.3. The summed E-state index contributed by atoms with van der Waals surface area (Å²) in [5, 5.41) is 4.97. The lowest BCUT2D eigenvalue weighted by Crippen LogP contribution is -2.42. The van der Waals surface area contributed by atoms with Gasteiger partial charge in [-0.1, -0.05) is 42.5 Å². The molecule has 7 heteroatoms. The topological polar surface area (TPSA) is 69.7 Å². The summed E-state index contributed by atoms with van der Waals surface area (Å²) in [5.74, 6) is -1.34. The molecule has 2 unspecified atom stereocenters. The summed E-state index contributed by atoms with van der Waals surface area (Å²) in [6.07, 6.45) is 0. The Balaban J connectivity index is 1.48. The Morgan fingerprint density at radius 2 is 1.71 bits per heavy atom. The highest BCUT2D eigenvalue weighted by Gasteiger charge is 2.44. The lowest BCUT2D eigenvalue weighted by atomic mass is 10.00. The van der Waals surface area contributed by atoms with Crippen molar-refractivity contribution in [2.24, 2.45) is 0 Å². The molecular formula is C24H22FN3O3. The molecule has 2 atom stereocenters. The van der Waals surface area contributed by atoms with E-state index in [0.29, 0.717) is 5.69 Å². The molecule has 1 N–H and O–H groups in total. The molecule has 0 radical (unpaired) electrons. The van der Waals surface area contributed by atoms with Crippen LogP contribution in [0.25, 0.3) is 10.8 Å². The van der Waals surface area contributed by atoms with Crippen molar-refractivity contribution in [3.63, 3.8) is 0 Å². The number of rotatable bonds is 5. The van der Waals surface area contributed by atoms with Crippen molar-refractivity contribution in [1.82, 2.24) is 10.2 Å². The summed E-state index contributed by atoms with van der Waals surface area (Å²) in [7, 11) is 0. The van der Waals surface area contributed by atoms with E-state index in [1.807, 2.05) is 49.4 Å². The minimum atomic E-state index is -0.777. The van der Waals surface area contributed by atoms with Crippen LogP contribution in [0.15, 0.2) is 66.7 Å². The van der Waals surface area contributed by atoms with E-state index in [-0.39, 0.29) is 12.6 Å². The average Bonchev–Trinajstić information content (AvgIpc) is 2.97. The fourth-order valence-electron chi connectivity index (χ4n) is 3.94. The molecule has 31 heavy (non-hydrogen) atoms. The number of carbonyl (C=O) groups is 3. The first-order valence-electron chi connectivity index (χ1n) is 10.0. The number of hydrogen-bond donors (Lipinski definition) is 1. The Morgan fingerprint density at radius 1 is 1.03 bits per heavy atom. The number of carbonyl (C=O) groups excluding carboxylic acids is 3. The highest BCUT2D eigenvalue weighted by Crippen LogP contribution is 2.27. The van der Waals surface area contributed by atoms with Gasteiger partial charge in [-0.3, -0.25) is 19.4 Å². The first-order valence-corrected chi connectivity index (χ1v) is 10.0. The number of nitrogens with one attached hydrogen (secondary N) is 1. The van der Waals surface area contributed by atoms with Gasteiger partial charge in [0, 0.05) is 5.69 Å². The van der Waals surface area contributed by atoms with Gasteiger partial charge < -0.3 is 5.32 Å². The summed E-state index contributed by atoms with van der Waals surface area (Å²) in [6.45, 7) is 3.07. The molecule has 0 spiro atoms. The SMILES string of the molecule is CC(NC(=O)CN1C(=O)C(C)N(c2ccc(F)cc2)C1=O)c1cccc2ccccc12. The summed E-state index contributed by atoms with van der Waals surface area (Å²) in [6, 6.07) is 17.4. The molecule has 6 nitrogen and oxygen atoms in total. The van der Waals surface area contributed by atoms with Crippen molar-refractivity contribution in [1.29, 1.82) is 0 Å². The van der Waals surface area contributed by atoms with Crippen molar-refractivity contribution in [2.45, 2.75) is 25.9 Å². The summed E-state index contributed by atoms with van der Waals surface area (Å²) < 4.78 is 13.2. The van der Waals surface area contributed by atoms with Gasteiger partial charge in [0.15, 0.2) is 0 Å². The van der Waals surface area contributed by atoms with Gasteiger partial charge >= 0.3 is 6.03 Å². The van der Waals surface area contributed by atoms with E-state index in [2.05, 4.69) is 5.32 Å². The van der Waals surface area contributed by atoms with Gasteiger partial charge in [0.25, 0.3) is 5.91 Å². The number of anilines is 1. The van der Waals surface area contributed by atoms with E-state index >= 15 is 0 Å². The van der Waals surface area contributed by atoms with Crippen LogP contribution in [0.1, 0.15) is 25.5 Å². The number of urea groups is 1. The highest BCUT2D eigenvalue weighted by molar-refractivity contribution is 6.15. The van der Waals surface area contributed by atoms with Gasteiger partial charge in [-0.05, 0) is 54.4 Å². The molecule has 1 aliphatic heterocycles. The van der Waals surface area contributed by atoms with E-state index in [1.165, 1.54) is 29.2 Å². The van der Waals surface area contributed by atoms with Crippen molar-refractivity contribution >= 4 is 34.3 Å². The monoisotopic (exact) mass is 419 g/mol. The van der Waals surface area contributed by atoms with E-state index < -0.39 is 29.7 Å². The fraction of sp³-hybridized carbons (Fsp3) is 0.208. The largest absolute Gasteiger partial charge is 0.348 e. The fourth-order valence-corrected chi connectivity index (χ4v) is 3.94. The summed E-state index contributed by atoms with van der Waals surface area (Å²) in [5.41, 5.74) is 1.35. The predicted molar refractivity (Wildman–Crippen MR) is 116 cm³/mol. The Kier molecular flexibility index (Phi) is 5.42. The third-order valence-electron chi connectivity index (χ3n) is 5.52. The number of halogens is 1. The highest BCUT2D eigenvalue weighted by atomic mass is 19.1. The molecular weight excluding hydrogens is 397 g/mol. The molecule has 1 aliphatic rings. The van der Waals surface area contributed by atoms with Crippen LogP contribution in [0.5, 0.6) is 0 Å². The third-order valence-corrected chi connectivity index (χ3v) is 5.52. The number of amides is 4. The second-order valence-electron chi connectivity index (χ2n) is 7.59. The summed E-state index contributed by atoms with van der Waals surface area (Å²) >= 11 is 0. The van der Waals surface area contributed by atoms with Crippen LogP contribution in [0.4, 0.5) is 14.9 Å². The maximum absolute atomic E-state index is 13.2. The molecule has 0 aliphatic carbocycles. The van der Waals surface area contributed by atoms with Crippen LogP contribution in [-0.4, -0.2) is 35.3 Å². The second-order valence-corrected chi connectivity index (χ2v) is 7.59. The molecule has 4 rings (SSSR count). The maximum atomic E-state index is 13.2. The zero-order chi connectivity index (χ0) is 22.1. The minimum absolute atomic E-state index is 0.308. The molecule has 3 aromatic carbocycles. The molecule has 158 valence electrons. The molecule has 1 saturated heterocycles. The Morgan fingerprint density at radius 3 is 2.45 bits per heavy atom. The molecule has 1 heterocycles. The van der Waals surface area contributed by atoms with Gasteiger partial charge in [-0.25, -0.2) is 9.18 Å². The van der Waals surface area contributed by atoms with Crippen LogP contribution in [-0.2, 0) is 9.59 Å². The van der Waals surface area contributed by atoms with Crippen LogP contribution in [0.2, 0.25) is 0 Å². The van der Waals surface area contributed by atoms with Crippen molar-refractivity contribution in [2.75, 3.05) is 11.4 Å². The smallest absolute Gasteiger partial charge is 0.332 e. The van der Waals surface area contributed by atoms with Gasteiger partial charge in [0.05, 0.1) is 6.04 Å². The lowest BCUT2D eigenvalue weighted by Gasteiger charge is -2.20. The lowest BCUT2D eigenvalue weighted by molar-refractivity contribution is -0.132. The number of nitrogens with zero attached hydrogens (tertiary/aromatic N) is 2. The van der Waals surface area contributed by atoms with E-state index in [0.717, 1.165) is 21.2 Å². The van der Waals surface area contributed by atoms with Crippen molar-refractivity contribution in [3.05, 3.63) is 78.1 Å². The third kappa shape index (κ3) is 3.86. The Labute approximate surface area is 179 Å². The average molecular weight is 419 g/mol. The molecule has 0 saturated carbocycles. The van der Waals surface area contributed by atoms with Gasteiger partial charge in [0.2, 0.25) is 5.91 Å². The van der Waals surface area contributed by atoms with Crippen LogP contribution >= 0.6 is 0 Å². The predicted octanol–water partition coefficient (Wildman–Crippen LogP) is 4.01. The standard InChI is InChI=1S/C24H22FN3O3/c1-15(20-9-5-7-17-6-3-4-8-21(17)20)26-22(29)14-27-23(30)16(2)28(24(27)31)19-12-10-18(25)11-13-19/h3-13,15-16H,14H2,1-2H3,(H,26,29). The Bertz CT molecular complexity index is 1160. The molecule has 4 amide bonds. The molecule has 0 aromatic heterocycles. The number of benzene rings is 3. The van der Waals surface area contributed by atoms with Crippen LogP contribution in [0, 0.1) is 5.82 Å². The van der Waals surface area contributed by atoms with E-state index in [9.17, 15) is 18.8 Å². The number of imide groups is 1. The first kappa shape index (κ1) is 20.5. The van der Waals surface area contributed by atoms with Crippen LogP contribution in [0.3, 0.4) is 0 Å². The molecule has 1 fully saturated rings. The molecule has 3 aromatic rings. The zero-order valence-electron chi connectivity index (χ0n) is 17.2. The van der Waals surface area contributed by atoms with Gasteiger partial charge in [0.1, 0.15) is 18.4 Å². The quantitative estimate of drug-likeness (QED) is 0.635. The second kappa shape index (κ2) is 8.18. The number of fused-ring (bicyclic) bond motifs is 1. The maximum Gasteiger partial charge on any atom is 0.332 e.